The van der Waals surface area contributed by atoms with E-state index in [-0.39, 0.29) is 28.8 Å². The van der Waals surface area contributed by atoms with Crippen molar-refractivity contribution in [2.75, 3.05) is 5.75 Å². The van der Waals surface area contributed by atoms with Crippen molar-refractivity contribution in [3.8, 4) is 11.5 Å². The third kappa shape index (κ3) is 2.99. The van der Waals surface area contributed by atoms with Gasteiger partial charge in [-0.1, -0.05) is 6.92 Å². The molecular weight excluding hydrogens is 378 g/mol. The maximum atomic E-state index is 11.0. The normalized spacial score (nSPS) is 35.0. The van der Waals surface area contributed by atoms with E-state index in [0.29, 0.717) is 22.6 Å². The SMILES string of the molecule is C[C@]12CC[C@@H]3c4cc(O)c(O)c(SC[C@@H](N)C(=O)O)c4CC[C@H]3[C@@H]1CC[C@@H]2O. The van der Waals surface area contributed by atoms with Gasteiger partial charge in [-0.15, -0.1) is 11.8 Å². The van der Waals surface area contributed by atoms with Gasteiger partial charge >= 0.3 is 5.97 Å². The maximum absolute atomic E-state index is 11.0. The van der Waals surface area contributed by atoms with Crippen LogP contribution in [0.15, 0.2) is 11.0 Å². The number of phenolic OH excluding ortho intramolecular Hbond substituents is 2. The molecule has 6 atom stereocenters. The molecule has 2 saturated carbocycles. The Hall–Kier alpha value is -1.44. The number of aromatic hydroxyl groups is 2. The first kappa shape index (κ1) is 19.9. The Balaban J connectivity index is 1.67. The summed E-state index contributed by atoms with van der Waals surface area (Å²) in [6, 6.07) is 0.686. The molecule has 0 spiro atoms. The molecule has 4 rings (SSSR count). The number of aliphatic hydroxyl groups is 1. The van der Waals surface area contributed by atoms with E-state index in [1.54, 1.807) is 6.07 Å². The molecule has 154 valence electrons. The molecule has 0 radical (unpaired) electrons. The van der Waals surface area contributed by atoms with Crippen molar-refractivity contribution in [1.82, 2.24) is 0 Å². The number of nitrogens with two attached hydrogens (primary N) is 1. The summed E-state index contributed by atoms with van der Waals surface area (Å²) in [6.45, 7) is 2.23. The Morgan fingerprint density at radius 3 is 2.79 bits per heavy atom. The second-order valence-electron chi connectivity index (χ2n) is 8.95. The fourth-order valence-corrected chi connectivity index (χ4v) is 7.17. The number of aliphatic carboxylic acids is 1. The van der Waals surface area contributed by atoms with E-state index in [9.17, 15) is 20.1 Å². The Bertz CT molecular complexity index is 799. The molecule has 28 heavy (non-hydrogen) atoms. The van der Waals surface area contributed by atoms with Crippen molar-refractivity contribution in [3.05, 3.63) is 17.2 Å². The van der Waals surface area contributed by atoms with E-state index in [2.05, 4.69) is 6.92 Å². The first-order valence-corrected chi connectivity index (χ1v) is 11.1. The van der Waals surface area contributed by atoms with Crippen LogP contribution < -0.4 is 5.73 Å². The zero-order valence-corrected chi connectivity index (χ0v) is 16.9. The number of benzene rings is 1. The molecule has 0 aromatic heterocycles. The molecular formula is C21H29NO5S. The summed E-state index contributed by atoms with van der Waals surface area (Å²) in [5.41, 5.74) is 7.74. The summed E-state index contributed by atoms with van der Waals surface area (Å²) in [4.78, 5) is 11.6. The van der Waals surface area contributed by atoms with E-state index in [4.69, 9.17) is 10.8 Å². The molecule has 1 aromatic carbocycles. The van der Waals surface area contributed by atoms with E-state index < -0.39 is 12.0 Å². The molecule has 0 unspecified atom stereocenters. The van der Waals surface area contributed by atoms with Gasteiger partial charge in [-0.2, -0.15) is 0 Å². The Kier molecular flexibility index (Phi) is 5.04. The highest BCUT2D eigenvalue weighted by Gasteiger charge is 2.54. The molecule has 3 aliphatic carbocycles. The molecule has 0 bridgehead atoms. The van der Waals surface area contributed by atoms with Gasteiger partial charge in [-0.05, 0) is 78.9 Å². The first-order valence-electron chi connectivity index (χ1n) is 10.1. The van der Waals surface area contributed by atoms with Crippen LogP contribution in [0.3, 0.4) is 0 Å². The predicted octanol–water partition coefficient (Wildman–Crippen LogP) is 2.82. The number of carboxylic acid groups (broad SMARTS) is 1. The molecule has 0 aliphatic heterocycles. The van der Waals surface area contributed by atoms with Gasteiger partial charge in [0.25, 0.3) is 0 Å². The molecule has 6 nitrogen and oxygen atoms in total. The van der Waals surface area contributed by atoms with Gasteiger partial charge in [0.05, 0.1) is 11.0 Å². The van der Waals surface area contributed by atoms with Gasteiger partial charge in [0.1, 0.15) is 6.04 Å². The van der Waals surface area contributed by atoms with Crippen molar-refractivity contribution in [1.29, 1.82) is 0 Å². The molecule has 2 fully saturated rings. The minimum Gasteiger partial charge on any atom is -0.504 e. The topological polar surface area (TPSA) is 124 Å². The lowest BCUT2D eigenvalue weighted by atomic mass is 9.55. The molecule has 7 heteroatoms. The summed E-state index contributed by atoms with van der Waals surface area (Å²) >= 11 is 1.21. The van der Waals surface area contributed by atoms with Crippen LogP contribution in [0.4, 0.5) is 0 Å². The van der Waals surface area contributed by atoms with Crippen molar-refractivity contribution in [2.45, 2.75) is 68.4 Å². The average molecular weight is 408 g/mol. The zero-order chi connectivity index (χ0) is 20.2. The van der Waals surface area contributed by atoms with Gasteiger partial charge in [-0.25, -0.2) is 0 Å². The number of carbonyl (C=O) groups is 1. The first-order chi connectivity index (χ1) is 13.2. The minimum absolute atomic E-state index is 0.0104. The van der Waals surface area contributed by atoms with Crippen LogP contribution in [0.5, 0.6) is 11.5 Å². The number of aliphatic hydroxyl groups excluding tert-OH is 1. The molecule has 0 amide bonds. The highest BCUT2D eigenvalue weighted by Crippen LogP contribution is 2.62. The lowest BCUT2D eigenvalue weighted by molar-refractivity contribution is -0.137. The summed E-state index contributed by atoms with van der Waals surface area (Å²) in [5, 5.41) is 40.3. The van der Waals surface area contributed by atoms with E-state index in [1.165, 1.54) is 11.8 Å². The minimum atomic E-state index is -1.08. The number of hydrogen-bond donors (Lipinski definition) is 5. The van der Waals surface area contributed by atoms with Gasteiger partial charge in [0.15, 0.2) is 11.5 Å². The lowest BCUT2D eigenvalue weighted by Crippen LogP contribution is -2.44. The van der Waals surface area contributed by atoms with Gasteiger partial charge in [0.2, 0.25) is 0 Å². The molecule has 6 N–H and O–H groups in total. The van der Waals surface area contributed by atoms with Gasteiger partial charge < -0.3 is 26.2 Å². The second kappa shape index (κ2) is 7.11. The van der Waals surface area contributed by atoms with E-state index in [0.717, 1.165) is 49.7 Å². The van der Waals surface area contributed by atoms with Crippen LogP contribution >= 0.6 is 11.8 Å². The lowest BCUT2D eigenvalue weighted by Gasteiger charge is -2.50. The summed E-state index contributed by atoms with van der Waals surface area (Å²) < 4.78 is 0. The monoisotopic (exact) mass is 407 g/mol. The number of rotatable bonds is 4. The van der Waals surface area contributed by atoms with E-state index >= 15 is 0 Å². The Morgan fingerprint density at radius 1 is 1.32 bits per heavy atom. The van der Waals surface area contributed by atoms with Crippen LogP contribution in [-0.4, -0.2) is 44.3 Å². The van der Waals surface area contributed by atoms with Crippen LogP contribution in [0.1, 0.15) is 56.1 Å². The van der Waals surface area contributed by atoms with Crippen molar-refractivity contribution < 1.29 is 25.2 Å². The van der Waals surface area contributed by atoms with Crippen LogP contribution in [0, 0.1) is 17.3 Å². The third-order valence-corrected chi connectivity index (χ3v) is 8.87. The Labute approximate surface area is 169 Å². The quantitative estimate of drug-likeness (QED) is 0.384. The zero-order valence-electron chi connectivity index (χ0n) is 16.1. The average Bonchev–Trinajstić information content (AvgIpc) is 2.96. The van der Waals surface area contributed by atoms with Crippen LogP contribution in [0.2, 0.25) is 0 Å². The summed E-state index contributed by atoms with van der Waals surface area (Å²) in [5.74, 6) is 0.0222. The Morgan fingerprint density at radius 2 is 2.07 bits per heavy atom. The fourth-order valence-electron chi connectivity index (χ4n) is 6.04. The van der Waals surface area contributed by atoms with Crippen molar-refractivity contribution in [3.63, 3.8) is 0 Å². The molecule has 1 aromatic rings. The number of fused-ring (bicyclic) bond motifs is 5. The highest BCUT2D eigenvalue weighted by molar-refractivity contribution is 7.99. The number of thioether (sulfide) groups is 1. The largest absolute Gasteiger partial charge is 0.504 e. The molecule has 0 heterocycles. The fraction of sp³-hybridized carbons (Fsp3) is 0.667. The summed E-state index contributed by atoms with van der Waals surface area (Å²) in [6.07, 6.45) is 5.40. The second-order valence-corrected chi connectivity index (χ2v) is 9.98. The highest BCUT2D eigenvalue weighted by atomic mass is 32.2. The third-order valence-electron chi connectivity index (χ3n) is 7.61. The van der Waals surface area contributed by atoms with E-state index in [1.807, 2.05) is 0 Å². The predicted molar refractivity (Wildman–Crippen MR) is 107 cm³/mol. The van der Waals surface area contributed by atoms with Crippen LogP contribution in [0.25, 0.3) is 0 Å². The number of hydrogen-bond acceptors (Lipinski definition) is 6. The molecule has 0 saturated heterocycles. The van der Waals surface area contributed by atoms with Crippen LogP contribution in [-0.2, 0) is 11.2 Å². The standard InChI is InChI=1S/C21H29NO5S/c1-21-7-6-10-11(14(21)4-5-17(21)24)2-3-12-13(10)8-16(23)18(25)19(12)28-9-15(22)20(26)27/h8,10-11,14-15,17,23-25H,2-7,9,22H2,1H3,(H,26,27)/t10-,11+,14-,15+,17-,21-/m0/s1. The van der Waals surface area contributed by atoms with Gasteiger partial charge in [0, 0.05) is 5.75 Å². The smallest absolute Gasteiger partial charge is 0.321 e. The van der Waals surface area contributed by atoms with Crippen molar-refractivity contribution in [2.24, 2.45) is 23.0 Å². The van der Waals surface area contributed by atoms with Gasteiger partial charge in [-0.3, -0.25) is 4.79 Å². The number of phenols is 2. The number of carboxylic acids is 1. The summed E-state index contributed by atoms with van der Waals surface area (Å²) in [7, 11) is 0. The molecule has 3 aliphatic rings. The van der Waals surface area contributed by atoms with Crippen molar-refractivity contribution >= 4 is 17.7 Å². The maximum Gasteiger partial charge on any atom is 0.321 e.